The molecule has 1 rings (SSSR count). The van der Waals surface area contributed by atoms with Gasteiger partial charge in [0.15, 0.2) is 5.96 Å². The predicted molar refractivity (Wildman–Crippen MR) is 89.3 cm³/mol. The van der Waals surface area contributed by atoms with Crippen molar-refractivity contribution in [1.29, 1.82) is 0 Å². The van der Waals surface area contributed by atoms with Crippen molar-refractivity contribution in [3.05, 3.63) is 0 Å². The van der Waals surface area contributed by atoms with Gasteiger partial charge in [-0.1, -0.05) is 12.8 Å². The first-order valence-corrected chi connectivity index (χ1v) is 6.94. The largest absolute Gasteiger partial charge is 0.388 e. The molecule has 1 aliphatic carbocycles. The molecule has 3 N–H and O–H groups in total. The van der Waals surface area contributed by atoms with Gasteiger partial charge in [-0.3, -0.25) is 4.99 Å². The number of ether oxygens (including phenoxy) is 1. The SMILES string of the molecule is CCNC(=NCC1(O)CCCC1)NCCCOC.I. The van der Waals surface area contributed by atoms with E-state index < -0.39 is 5.60 Å². The van der Waals surface area contributed by atoms with Gasteiger partial charge >= 0.3 is 0 Å². The Morgan fingerprint density at radius 1 is 1.32 bits per heavy atom. The number of nitrogens with one attached hydrogen (secondary N) is 2. The first-order valence-electron chi connectivity index (χ1n) is 6.94. The molecule has 0 aliphatic heterocycles. The van der Waals surface area contributed by atoms with Crippen molar-refractivity contribution in [2.45, 2.75) is 44.6 Å². The highest BCUT2D eigenvalue weighted by molar-refractivity contribution is 14.0. The number of aliphatic imine (C=N–C) groups is 1. The quantitative estimate of drug-likeness (QED) is 0.269. The van der Waals surface area contributed by atoms with Gasteiger partial charge in [0.25, 0.3) is 0 Å². The molecule has 0 heterocycles. The van der Waals surface area contributed by atoms with Crippen LogP contribution in [0.5, 0.6) is 0 Å². The van der Waals surface area contributed by atoms with Crippen LogP contribution in [0.15, 0.2) is 4.99 Å². The first-order chi connectivity index (χ1) is 8.70. The van der Waals surface area contributed by atoms with Gasteiger partial charge in [-0.25, -0.2) is 0 Å². The topological polar surface area (TPSA) is 65.9 Å². The van der Waals surface area contributed by atoms with E-state index >= 15 is 0 Å². The van der Waals surface area contributed by atoms with E-state index in [1.165, 1.54) is 0 Å². The summed E-state index contributed by atoms with van der Waals surface area (Å²) in [6, 6.07) is 0. The molecule has 19 heavy (non-hydrogen) atoms. The fraction of sp³-hybridized carbons (Fsp3) is 0.923. The molecule has 1 saturated carbocycles. The van der Waals surface area contributed by atoms with Gasteiger partial charge < -0.3 is 20.5 Å². The summed E-state index contributed by atoms with van der Waals surface area (Å²) in [5.74, 6) is 0.786. The summed E-state index contributed by atoms with van der Waals surface area (Å²) in [6.45, 7) is 4.94. The molecule has 0 aromatic rings. The summed E-state index contributed by atoms with van der Waals surface area (Å²) in [5, 5.41) is 16.7. The third-order valence-electron chi connectivity index (χ3n) is 3.23. The zero-order chi connectivity index (χ0) is 13.3. The molecular formula is C13H28IN3O2. The van der Waals surface area contributed by atoms with Crippen LogP contribution in [0.1, 0.15) is 39.0 Å². The summed E-state index contributed by atoms with van der Waals surface area (Å²) in [7, 11) is 1.70. The third-order valence-corrected chi connectivity index (χ3v) is 3.23. The lowest BCUT2D eigenvalue weighted by molar-refractivity contribution is 0.0574. The molecule has 0 bridgehead atoms. The first kappa shape index (κ1) is 18.9. The zero-order valence-electron chi connectivity index (χ0n) is 12.1. The summed E-state index contributed by atoms with van der Waals surface area (Å²) >= 11 is 0. The standard InChI is InChI=1S/C13H27N3O2.HI/c1-3-14-12(15-9-6-10-18-2)16-11-13(17)7-4-5-8-13;/h17H,3-11H2,1-2H3,(H2,14,15,16);1H. The lowest BCUT2D eigenvalue weighted by Gasteiger charge is -2.20. The van der Waals surface area contributed by atoms with Gasteiger partial charge in [0.1, 0.15) is 0 Å². The van der Waals surface area contributed by atoms with Crippen LogP contribution in [0.3, 0.4) is 0 Å². The molecule has 6 heteroatoms. The second-order valence-electron chi connectivity index (χ2n) is 4.90. The minimum atomic E-state index is -0.575. The number of aliphatic hydroxyl groups is 1. The lowest BCUT2D eigenvalue weighted by atomic mass is 10.0. The van der Waals surface area contributed by atoms with Crippen LogP contribution in [-0.4, -0.2) is 50.0 Å². The van der Waals surface area contributed by atoms with Gasteiger partial charge in [-0.15, -0.1) is 24.0 Å². The molecule has 1 fully saturated rings. The highest BCUT2D eigenvalue weighted by atomic mass is 127. The van der Waals surface area contributed by atoms with E-state index in [9.17, 15) is 5.11 Å². The number of rotatable bonds is 7. The summed E-state index contributed by atoms with van der Waals surface area (Å²) < 4.78 is 5.00. The molecule has 0 spiro atoms. The van der Waals surface area contributed by atoms with E-state index in [4.69, 9.17) is 4.74 Å². The Morgan fingerprint density at radius 3 is 2.58 bits per heavy atom. The van der Waals surface area contributed by atoms with E-state index in [1.54, 1.807) is 7.11 Å². The van der Waals surface area contributed by atoms with Crippen LogP contribution >= 0.6 is 24.0 Å². The smallest absolute Gasteiger partial charge is 0.191 e. The Kier molecular flexibility index (Phi) is 10.6. The normalized spacial score (nSPS) is 17.9. The van der Waals surface area contributed by atoms with Crippen LogP contribution in [-0.2, 0) is 4.74 Å². The van der Waals surface area contributed by atoms with Gasteiger partial charge in [-0.05, 0) is 26.2 Å². The van der Waals surface area contributed by atoms with Gasteiger partial charge in [-0.2, -0.15) is 0 Å². The van der Waals surface area contributed by atoms with Crippen molar-refractivity contribution in [1.82, 2.24) is 10.6 Å². The van der Waals surface area contributed by atoms with E-state index in [2.05, 4.69) is 15.6 Å². The summed E-state index contributed by atoms with van der Waals surface area (Å²) in [6.07, 6.45) is 4.93. The van der Waals surface area contributed by atoms with Crippen LogP contribution < -0.4 is 10.6 Å². The van der Waals surface area contributed by atoms with Crippen LogP contribution in [0, 0.1) is 0 Å². The van der Waals surface area contributed by atoms with E-state index in [1.807, 2.05) is 6.92 Å². The molecule has 0 radical (unpaired) electrons. The Labute approximate surface area is 133 Å². The minimum absolute atomic E-state index is 0. The van der Waals surface area contributed by atoms with E-state index in [0.717, 1.165) is 57.8 Å². The van der Waals surface area contributed by atoms with Gasteiger partial charge in [0, 0.05) is 26.8 Å². The highest BCUT2D eigenvalue weighted by Crippen LogP contribution is 2.29. The Morgan fingerprint density at radius 2 is 2.00 bits per heavy atom. The average molecular weight is 385 g/mol. The molecule has 0 saturated heterocycles. The summed E-state index contributed by atoms with van der Waals surface area (Å²) in [5.41, 5.74) is -0.575. The molecule has 0 amide bonds. The van der Waals surface area contributed by atoms with Crippen molar-refractivity contribution in [3.8, 4) is 0 Å². The van der Waals surface area contributed by atoms with E-state index in [0.29, 0.717) is 6.54 Å². The molecule has 5 nitrogen and oxygen atoms in total. The highest BCUT2D eigenvalue weighted by Gasteiger charge is 2.30. The molecular weight excluding hydrogens is 357 g/mol. The molecule has 0 unspecified atom stereocenters. The van der Waals surface area contributed by atoms with Crippen molar-refractivity contribution in [2.24, 2.45) is 4.99 Å². The second-order valence-corrected chi connectivity index (χ2v) is 4.90. The third kappa shape index (κ3) is 7.94. The zero-order valence-corrected chi connectivity index (χ0v) is 14.4. The van der Waals surface area contributed by atoms with Crippen LogP contribution in [0.25, 0.3) is 0 Å². The maximum Gasteiger partial charge on any atom is 0.191 e. The molecule has 1 aliphatic rings. The Balaban J connectivity index is 0.00000324. The van der Waals surface area contributed by atoms with Gasteiger partial charge in [0.05, 0.1) is 12.1 Å². The van der Waals surface area contributed by atoms with Crippen molar-refractivity contribution in [2.75, 3.05) is 33.4 Å². The monoisotopic (exact) mass is 385 g/mol. The second kappa shape index (κ2) is 10.7. The van der Waals surface area contributed by atoms with Crippen LogP contribution in [0.2, 0.25) is 0 Å². The molecule has 114 valence electrons. The number of hydrogen-bond donors (Lipinski definition) is 3. The minimum Gasteiger partial charge on any atom is -0.388 e. The fourth-order valence-electron chi connectivity index (χ4n) is 2.18. The number of hydrogen-bond acceptors (Lipinski definition) is 3. The molecule has 0 atom stereocenters. The molecule has 0 aromatic carbocycles. The van der Waals surface area contributed by atoms with Gasteiger partial charge in [0.2, 0.25) is 0 Å². The molecule has 0 aromatic heterocycles. The maximum atomic E-state index is 10.2. The summed E-state index contributed by atoms with van der Waals surface area (Å²) in [4.78, 5) is 4.47. The predicted octanol–water partition coefficient (Wildman–Crippen LogP) is 1.50. The van der Waals surface area contributed by atoms with Crippen molar-refractivity contribution >= 4 is 29.9 Å². The number of halogens is 1. The maximum absolute atomic E-state index is 10.2. The number of guanidine groups is 1. The van der Waals surface area contributed by atoms with Crippen molar-refractivity contribution < 1.29 is 9.84 Å². The van der Waals surface area contributed by atoms with E-state index in [-0.39, 0.29) is 24.0 Å². The van der Waals surface area contributed by atoms with Crippen molar-refractivity contribution in [3.63, 3.8) is 0 Å². The number of nitrogens with zero attached hydrogens (tertiary/aromatic N) is 1. The number of methoxy groups -OCH3 is 1. The Bertz CT molecular complexity index is 256. The van der Waals surface area contributed by atoms with Crippen LogP contribution in [0.4, 0.5) is 0 Å². The average Bonchev–Trinajstić information content (AvgIpc) is 2.79. The Hall–Kier alpha value is -0.0800. The lowest BCUT2D eigenvalue weighted by Crippen LogP contribution is -2.40. The fourth-order valence-corrected chi connectivity index (χ4v) is 2.18.